The zero-order valence-corrected chi connectivity index (χ0v) is 67.8. The van der Waals surface area contributed by atoms with Gasteiger partial charge in [0.1, 0.15) is 0 Å². The molecule has 12 rings (SSSR count). The van der Waals surface area contributed by atoms with E-state index in [1.165, 1.54) is 89.0 Å². The summed E-state index contributed by atoms with van der Waals surface area (Å²) in [4.78, 5) is 17.8. The van der Waals surface area contributed by atoms with Gasteiger partial charge in [0.05, 0.1) is 0 Å². The van der Waals surface area contributed by atoms with E-state index in [1.54, 1.807) is 0 Å². The van der Waals surface area contributed by atoms with Crippen molar-refractivity contribution in [1.29, 1.82) is 0 Å². The molecular weight excluding hydrogens is 1880 g/mol. The molecule has 0 fully saturated rings. The number of hydrogen-bond acceptors (Lipinski definition) is 4. The summed E-state index contributed by atoms with van der Waals surface area (Å²) in [5.41, 5.74) is 28.6. The number of aryl methyl sites for hydroxylation is 4. The summed E-state index contributed by atoms with van der Waals surface area (Å²) in [7, 11) is 0. The summed E-state index contributed by atoms with van der Waals surface area (Å²) < 4.78 is 0. The summed E-state index contributed by atoms with van der Waals surface area (Å²) in [6, 6.07) is 90.0. The Balaban J connectivity index is 0.000000228. The third kappa shape index (κ3) is 22.0. The third-order valence-corrected chi connectivity index (χ3v) is 16.3. The van der Waals surface area contributed by atoms with Gasteiger partial charge in [-0.2, -0.15) is 0 Å². The summed E-state index contributed by atoms with van der Waals surface area (Å²) in [5.74, 6) is 0. The maximum atomic E-state index is 4.48. The number of pyridine rings is 4. The first-order valence-electron chi connectivity index (χ1n) is 32.0. The van der Waals surface area contributed by atoms with Gasteiger partial charge in [0, 0.05) is 105 Å². The van der Waals surface area contributed by atoms with Crippen molar-refractivity contribution in [2.24, 2.45) is 0 Å². The monoisotopic (exact) mass is 1970 g/mol. The predicted octanol–water partition coefficient (Wildman–Crippen LogP) is 23.3. The molecule has 96 heavy (non-hydrogen) atoms. The Morgan fingerprint density at radius 2 is 0.625 bits per heavy atom. The zero-order chi connectivity index (χ0) is 65.8. The van der Waals surface area contributed by atoms with E-state index < -0.39 is 0 Å². The Hall–Kier alpha value is -7.04. The Morgan fingerprint density at radius 3 is 0.969 bits per heavy atom. The molecule has 4 heterocycles. The molecule has 0 amide bonds. The maximum absolute atomic E-state index is 4.48. The van der Waals surface area contributed by atoms with Gasteiger partial charge >= 0.3 is 0 Å². The number of rotatable bonds is 8. The molecule has 0 bridgehead atoms. The van der Waals surface area contributed by atoms with Gasteiger partial charge in [-0.1, -0.05) is 272 Å². The normalized spacial score (nSPS) is 11.0. The molecule has 0 spiro atoms. The average Bonchev–Trinajstić information content (AvgIpc) is 0.830. The molecular formula is C88H88Ir4N4-4. The molecule has 4 nitrogen and oxygen atoms in total. The quantitative estimate of drug-likeness (QED) is 0.142. The Morgan fingerprint density at radius 1 is 0.260 bits per heavy atom. The predicted molar refractivity (Wildman–Crippen MR) is 390 cm³/mol. The summed E-state index contributed by atoms with van der Waals surface area (Å²) in [5, 5.41) is 0. The van der Waals surface area contributed by atoms with Gasteiger partial charge in [-0.05, 0) is 118 Å². The van der Waals surface area contributed by atoms with Crippen molar-refractivity contribution in [2.75, 3.05) is 0 Å². The van der Waals surface area contributed by atoms with Crippen LogP contribution in [0.2, 0.25) is 0 Å². The molecule has 500 valence electrons. The minimum absolute atomic E-state index is 0. The first-order valence-corrected chi connectivity index (χ1v) is 32.0. The Labute approximate surface area is 628 Å². The molecule has 0 saturated heterocycles. The second kappa shape index (κ2) is 35.5. The molecule has 8 aromatic carbocycles. The van der Waals surface area contributed by atoms with E-state index in [0.29, 0.717) is 0 Å². The van der Waals surface area contributed by atoms with Crippen LogP contribution < -0.4 is 0 Å². The summed E-state index contributed by atoms with van der Waals surface area (Å²) in [6.45, 7) is 35.2. The first kappa shape index (κ1) is 79.6. The minimum atomic E-state index is 0. The molecule has 0 unspecified atom stereocenters. The third-order valence-electron chi connectivity index (χ3n) is 16.3. The first-order chi connectivity index (χ1) is 43.8. The molecule has 0 saturated carbocycles. The SMILES string of the molecule is Cc1ccc(-c2[c-]cc(-c3ccccc3C(C)(C)C)cc2)nc1.Cc1ccnc(-c2[c-]cc(-c3ccc(C(C)(C)C)cc3)cc2)c1.Cc1ccnc(-c2[c-]cc(-c3cccc(C(C)(C)C)c3)cc2)c1.Cc1ccnc(-c2[c-]cc(-c3ccccc3C(C)(C)C)cc2)c1.[Ir].[Ir].[Ir].[Ir]. The molecule has 12 aromatic rings. The summed E-state index contributed by atoms with van der Waals surface area (Å²) >= 11 is 0. The van der Waals surface area contributed by atoms with Crippen LogP contribution in [0.3, 0.4) is 0 Å². The molecule has 0 aliphatic heterocycles. The van der Waals surface area contributed by atoms with E-state index in [9.17, 15) is 0 Å². The van der Waals surface area contributed by atoms with E-state index in [1.807, 2.05) is 62.0 Å². The van der Waals surface area contributed by atoms with Gasteiger partial charge in [0.15, 0.2) is 0 Å². The van der Waals surface area contributed by atoms with Crippen molar-refractivity contribution < 1.29 is 80.4 Å². The van der Waals surface area contributed by atoms with Crippen molar-refractivity contribution in [3.8, 4) is 89.5 Å². The van der Waals surface area contributed by atoms with Crippen LogP contribution in [0.15, 0.2) is 243 Å². The van der Waals surface area contributed by atoms with E-state index in [0.717, 1.165) is 45.0 Å². The van der Waals surface area contributed by atoms with Crippen LogP contribution in [0, 0.1) is 52.0 Å². The smallest absolute Gasteiger partial charge is 0.0190 e. The summed E-state index contributed by atoms with van der Waals surface area (Å²) in [6.07, 6.45) is 7.43. The van der Waals surface area contributed by atoms with Crippen LogP contribution >= 0.6 is 0 Å². The van der Waals surface area contributed by atoms with E-state index >= 15 is 0 Å². The fourth-order valence-electron chi connectivity index (χ4n) is 10.8. The Kier molecular flexibility index (Phi) is 29.4. The molecule has 0 atom stereocenters. The fourth-order valence-corrected chi connectivity index (χ4v) is 10.8. The van der Waals surface area contributed by atoms with E-state index in [2.05, 4.69) is 336 Å². The minimum Gasteiger partial charge on any atom is -0.305 e. The van der Waals surface area contributed by atoms with Crippen molar-refractivity contribution >= 4 is 0 Å². The van der Waals surface area contributed by atoms with Gasteiger partial charge in [-0.25, -0.2) is 0 Å². The van der Waals surface area contributed by atoms with Crippen LogP contribution in [-0.2, 0) is 102 Å². The molecule has 0 aliphatic rings. The molecule has 8 heteroatoms. The van der Waals surface area contributed by atoms with Gasteiger partial charge in [-0.3, -0.25) is 0 Å². The largest absolute Gasteiger partial charge is 0.305 e. The van der Waals surface area contributed by atoms with Crippen molar-refractivity contribution in [3.05, 3.63) is 312 Å². The Bertz CT molecular complexity index is 4360. The van der Waals surface area contributed by atoms with Crippen LogP contribution in [0.4, 0.5) is 0 Å². The van der Waals surface area contributed by atoms with Gasteiger partial charge in [-0.15, -0.1) is 119 Å². The van der Waals surface area contributed by atoms with Crippen LogP contribution in [0.1, 0.15) is 128 Å². The van der Waals surface area contributed by atoms with Crippen LogP contribution in [0.25, 0.3) is 89.5 Å². The van der Waals surface area contributed by atoms with Crippen molar-refractivity contribution in [3.63, 3.8) is 0 Å². The average molecular weight is 1970 g/mol. The van der Waals surface area contributed by atoms with Gasteiger partial charge in [0.2, 0.25) is 0 Å². The second-order valence-corrected chi connectivity index (χ2v) is 28.1. The van der Waals surface area contributed by atoms with Gasteiger partial charge in [0.25, 0.3) is 0 Å². The standard InChI is InChI=1S/4C22H22N.4Ir/c1-16-13-14-23-21(15-16)19-7-5-17(6-8-19)18-9-11-20(12-10-18)22(2,3)4;1-16-12-13-23-21(14-16)18-10-8-17(9-11-18)19-6-5-7-20(15-19)22(2,3)4;1-16-9-14-21(23-15-16)18-12-10-17(11-13-18)19-7-5-6-8-20(19)22(2,3)4;1-16-13-14-23-21(15-16)18-11-9-17(10-12-18)19-7-5-6-8-20(19)22(2,3)4;;;;/h5-7,9-15H,1-4H3;5-10,12-15H,1-4H3;5-12,14-15H,1-4H3;5-11,13-15H,1-4H3;;;;/q4*-1;;;;. The molecule has 0 aliphatic carbocycles. The second-order valence-electron chi connectivity index (χ2n) is 28.1. The maximum Gasteiger partial charge on any atom is 0.0190 e. The van der Waals surface area contributed by atoms with E-state index in [-0.39, 0.29) is 102 Å². The van der Waals surface area contributed by atoms with Crippen molar-refractivity contribution in [2.45, 2.75) is 132 Å². The molecule has 4 aromatic heterocycles. The number of benzene rings is 8. The fraction of sp³-hybridized carbons (Fsp3) is 0.227. The van der Waals surface area contributed by atoms with Crippen molar-refractivity contribution in [1.82, 2.24) is 19.9 Å². The number of nitrogens with zero attached hydrogens (tertiary/aromatic N) is 4. The molecule has 4 radical (unpaired) electrons. The number of aromatic nitrogens is 4. The molecule has 0 N–H and O–H groups in total. The van der Waals surface area contributed by atoms with Crippen LogP contribution in [-0.4, -0.2) is 19.9 Å². The zero-order valence-electron chi connectivity index (χ0n) is 58.2. The van der Waals surface area contributed by atoms with Gasteiger partial charge < -0.3 is 19.9 Å². The van der Waals surface area contributed by atoms with E-state index in [4.69, 9.17) is 0 Å². The number of hydrogen-bond donors (Lipinski definition) is 0. The topological polar surface area (TPSA) is 51.6 Å². The van der Waals surface area contributed by atoms with Crippen LogP contribution in [0.5, 0.6) is 0 Å².